The monoisotopic (exact) mass is 321 g/mol. The van der Waals surface area contributed by atoms with Crippen LogP contribution in [-0.4, -0.2) is 26.5 Å². The summed E-state index contributed by atoms with van der Waals surface area (Å²) >= 11 is 0. The smallest absolute Gasteiger partial charge is 0.142 e. The second-order valence-electron chi connectivity index (χ2n) is 6.02. The lowest BCUT2D eigenvalue weighted by molar-refractivity contribution is 0.678. The van der Waals surface area contributed by atoms with E-state index in [4.69, 9.17) is 5.73 Å². The molecule has 1 aliphatic rings. The third-order valence-corrected chi connectivity index (χ3v) is 4.03. The number of hydrogen-bond acceptors (Lipinski definition) is 5. The van der Waals surface area contributed by atoms with Crippen molar-refractivity contribution < 1.29 is 0 Å². The Hall–Kier alpha value is -2.79. The maximum atomic E-state index is 6.36. The normalized spacial score (nSPS) is 17.5. The number of aliphatic imine (C=N–C) groups is 1. The van der Waals surface area contributed by atoms with Crippen LogP contribution < -0.4 is 21.1 Å². The van der Waals surface area contributed by atoms with Gasteiger partial charge in [-0.25, -0.2) is 0 Å². The van der Waals surface area contributed by atoms with Crippen molar-refractivity contribution in [2.75, 3.05) is 24.0 Å². The number of allylic oxidation sites excluding steroid dienone is 1. The minimum atomic E-state index is -0.315. The summed E-state index contributed by atoms with van der Waals surface area (Å²) < 4.78 is 0. The molecule has 0 saturated heterocycles. The van der Waals surface area contributed by atoms with Gasteiger partial charge in [-0.15, -0.1) is 0 Å². The van der Waals surface area contributed by atoms with E-state index >= 15 is 0 Å². The second-order valence-corrected chi connectivity index (χ2v) is 6.02. The molecule has 1 aliphatic heterocycles. The predicted molar refractivity (Wildman–Crippen MR) is 101 cm³/mol. The number of nitrogens with one attached hydrogen (secondary N) is 1. The van der Waals surface area contributed by atoms with Crippen LogP contribution in [0.3, 0.4) is 0 Å². The average Bonchev–Trinajstić information content (AvgIpc) is 2.88. The lowest BCUT2D eigenvalue weighted by Gasteiger charge is -2.24. The van der Waals surface area contributed by atoms with Crippen molar-refractivity contribution in [3.63, 3.8) is 0 Å². The Morgan fingerprint density at radius 2 is 1.75 bits per heavy atom. The Morgan fingerprint density at radius 3 is 2.38 bits per heavy atom. The third-order valence-electron chi connectivity index (χ3n) is 4.03. The molecule has 0 spiro atoms. The molecule has 5 heteroatoms. The maximum absolute atomic E-state index is 6.36. The lowest BCUT2D eigenvalue weighted by Crippen LogP contribution is -2.44. The van der Waals surface area contributed by atoms with Gasteiger partial charge in [0.05, 0.1) is 17.1 Å². The topological polar surface area (TPSA) is 56.9 Å². The van der Waals surface area contributed by atoms with Crippen LogP contribution in [0.15, 0.2) is 71.0 Å². The summed E-state index contributed by atoms with van der Waals surface area (Å²) in [6.07, 6.45) is 1.54. The van der Waals surface area contributed by atoms with Gasteiger partial charge in [0.15, 0.2) is 0 Å². The highest BCUT2D eigenvalue weighted by Crippen LogP contribution is 2.24. The van der Waals surface area contributed by atoms with E-state index in [0.717, 1.165) is 28.3 Å². The van der Waals surface area contributed by atoms with Gasteiger partial charge in [0, 0.05) is 26.0 Å². The second kappa shape index (κ2) is 6.76. The summed E-state index contributed by atoms with van der Waals surface area (Å²) in [5.41, 5.74) is 14.7. The zero-order valence-corrected chi connectivity index (χ0v) is 14.3. The van der Waals surface area contributed by atoms with Gasteiger partial charge in [-0.2, -0.15) is 0 Å². The van der Waals surface area contributed by atoms with E-state index in [9.17, 15) is 0 Å². The first-order chi connectivity index (χ1) is 11.6. The van der Waals surface area contributed by atoms with Crippen molar-refractivity contribution in [1.82, 2.24) is 5.43 Å². The van der Waals surface area contributed by atoms with Gasteiger partial charge in [-0.05, 0) is 36.8 Å². The number of benzene rings is 2. The fourth-order valence-electron chi connectivity index (χ4n) is 2.64. The number of para-hydroxylation sites is 1. The molecule has 124 valence electrons. The summed E-state index contributed by atoms with van der Waals surface area (Å²) in [6, 6.07) is 18.3. The van der Waals surface area contributed by atoms with Crippen LogP contribution >= 0.6 is 0 Å². The summed E-state index contributed by atoms with van der Waals surface area (Å²) in [4.78, 5) is 6.69. The fraction of sp³-hybridized carbons (Fsp3) is 0.211. The zero-order valence-electron chi connectivity index (χ0n) is 14.3. The molecule has 1 heterocycles. The van der Waals surface area contributed by atoms with Gasteiger partial charge < -0.3 is 10.6 Å². The first kappa shape index (κ1) is 16.1. The van der Waals surface area contributed by atoms with Gasteiger partial charge >= 0.3 is 0 Å². The van der Waals surface area contributed by atoms with Crippen molar-refractivity contribution >= 4 is 17.6 Å². The van der Waals surface area contributed by atoms with Crippen LogP contribution in [0.4, 0.5) is 11.4 Å². The number of hydrazine groups is 1. The van der Waals surface area contributed by atoms with Gasteiger partial charge in [-0.3, -0.25) is 15.4 Å². The highest BCUT2D eigenvalue weighted by atomic mass is 15.6. The van der Waals surface area contributed by atoms with E-state index in [1.165, 1.54) is 0 Å². The minimum Gasteiger partial charge on any atom is -0.378 e. The molecule has 3 rings (SSSR count). The van der Waals surface area contributed by atoms with Crippen LogP contribution in [0.2, 0.25) is 0 Å². The highest BCUT2D eigenvalue weighted by Gasteiger charge is 2.27. The molecule has 3 N–H and O–H groups in total. The average molecular weight is 321 g/mol. The molecule has 1 atom stereocenters. The molecule has 0 amide bonds. The number of anilines is 2. The van der Waals surface area contributed by atoms with Gasteiger partial charge in [-0.1, -0.05) is 30.3 Å². The largest absolute Gasteiger partial charge is 0.378 e. The standard InChI is InChI=1S/C19H23N5/c1-14-18(19(20)24(22-14)17-7-5-4-6-8-17)21-13-15-9-11-16(12-10-15)23(2)3/h4-13,19,22H,20H2,1-3H3/t19-/m0/s1. The van der Waals surface area contributed by atoms with Crippen molar-refractivity contribution in [1.29, 1.82) is 0 Å². The van der Waals surface area contributed by atoms with Crippen LogP contribution in [0.1, 0.15) is 12.5 Å². The van der Waals surface area contributed by atoms with E-state index in [1.807, 2.05) is 62.6 Å². The van der Waals surface area contributed by atoms with E-state index in [2.05, 4.69) is 39.6 Å². The number of nitrogens with two attached hydrogens (primary N) is 1. The summed E-state index contributed by atoms with van der Waals surface area (Å²) in [5.74, 6) is 0. The van der Waals surface area contributed by atoms with Crippen LogP contribution in [-0.2, 0) is 0 Å². The third kappa shape index (κ3) is 3.26. The molecule has 0 fully saturated rings. The Labute approximate surface area is 143 Å². The van der Waals surface area contributed by atoms with Gasteiger partial charge in [0.25, 0.3) is 0 Å². The minimum absolute atomic E-state index is 0.315. The molecule has 5 nitrogen and oxygen atoms in total. The lowest BCUT2D eigenvalue weighted by atomic mass is 10.2. The molecule has 2 aromatic carbocycles. The number of hydrogen-bond donors (Lipinski definition) is 2. The van der Waals surface area contributed by atoms with Crippen molar-refractivity contribution in [3.8, 4) is 0 Å². The maximum Gasteiger partial charge on any atom is 0.142 e. The molecule has 0 aliphatic carbocycles. The molecule has 0 bridgehead atoms. The van der Waals surface area contributed by atoms with Crippen molar-refractivity contribution in [2.45, 2.75) is 13.1 Å². The molecule has 2 aromatic rings. The number of rotatable bonds is 4. The number of nitrogens with zero attached hydrogens (tertiary/aromatic N) is 3. The molecule has 0 saturated carbocycles. The molecular weight excluding hydrogens is 298 g/mol. The molecule has 0 radical (unpaired) electrons. The summed E-state index contributed by atoms with van der Waals surface area (Å²) in [6.45, 7) is 1.99. The van der Waals surface area contributed by atoms with E-state index in [1.54, 1.807) is 0 Å². The van der Waals surface area contributed by atoms with Crippen LogP contribution in [0, 0.1) is 0 Å². The van der Waals surface area contributed by atoms with Gasteiger partial charge in [0.2, 0.25) is 0 Å². The Balaban J connectivity index is 1.76. The molecule has 24 heavy (non-hydrogen) atoms. The van der Waals surface area contributed by atoms with E-state index in [-0.39, 0.29) is 6.17 Å². The summed E-state index contributed by atoms with van der Waals surface area (Å²) in [5, 5.41) is 1.93. The molecular formula is C19H23N5. The van der Waals surface area contributed by atoms with E-state index < -0.39 is 0 Å². The molecule has 0 aromatic heterocycles. The Morgan fingerprint density at radius 1 is 1.08 bits per heavy atom. The Kier molecular flexibility index (Phi) is 4.53. The van der Waals surface area contributed by atoms with Crippen molar-refractivity contribution in [3.05, 3.63) is 71.6 Å². The van der Waals surface area contributed by atoms with Gasteiger partial charge in [0.1, 0.15) is 6.17 Å². The fourth-order valence-corrected chi connectivity index (χ4v) is 2.64. The zero-order chi connectivity index (χ0) is 17.1. The first-order valence-electron chi connectivity index (χ1n) is 7.95. The van der Waals surface area contributed by atoms with E-state index in [0.29, 0.717) is 0 Å². The highest BCUT2D eigenvalue weighted by molar-refractivity contribution is 5.81. The van der Waals surface area contributed by atoms with Crippen molar-refractivity contribution in [2.24, 2.45) is 10.7 Å². The first-order valence-corrected chi connectivity index (χ1v) is 7.95. The Bertz CT molecular complexity index is 747. The molecule has 0 unspecified atom stereocenters. The van der Waals surface area contributed by atoms with Crippen LogP contribution in [0.5, 0.6) is 0 Å². The predicted octanol–water partition coefficient (Wildman–Crippen LogP) is 2.71. The van der Waals surface area contributed by atoms with Crippen LogP contribution in [0.25, 0.3) is 0 Å². The quantitative estimate of drug-likeness (QED) is 0.850. The summed E-state index contributed by atoms with van der Waals surface area (Å²) in [7, 11) is 4.05. The SMILES string of the molecule is CC1=C(N=Cc2ccc(N(C)C)cc2)[C@@H](N)N(c2ccccc2)N1.